The number of allylic oxidation sites excluding steroid dienone is 1. The van der Waals surface area contributed by atoms with Crippen molar-refractivity contribution in [2.75, 3.05) is 6.54 Å². The van der Waals surface area contributed by atoms with Gasteiger partial charge in [0.25, 0.3) is 11.5 Å². The average molecular weight is 404 g/mol. The third-order valence-electron chi connectivity index (χ3n) is 4.98. The van der Waals surface area contributed by atoms with E-state index in [4.69, 9.17) is 4.74 Å². The molecule has 1 aliphatic rings. The van der Waals surface area contributed by atoms with E-state index >= 15 is 0 Å². The van der Waals surface area contributed by atoms with Gasteiger partial charge >= 0.3 is 5.97 Å². The van der Waals surface area contributed by atoms with Crippen molar-refractivity contribution in [3.63, 3.8) is 0 Å². The number of ether oxygens (including phenoxy) is 1. The number of esters is 1. The van der Waals surface area contributed by atoms with Crippen molar-refractivity contribution in [2.45, 2.75) is 52.1 Å². The SMILES string of the molecule is Cc1c(C(=O)O[C@H](C)C(=O)NCCC2=CCCCC2)sc2ncn(C)c(=O)c12. The first-order valence-corrected chi connectivity index (χ1v) is 10.3. The quantitative estimate of drug-likeness (QED) is 0.592. The smallest absolute Gasteiger partial charge is 0.349 e. The predicted octanol–water partition coefficient (Wildman–Crippen LogP) is 2.86. The Balaban J connectivity index is 1.60. The molecule has 0 aliphatic heterocycles. The molecular weight excluding hydrogens is 378 g/mol. The summed E-state index contributed by atoms with van der Waals surface area (Å²) in [5.41, 5.74) is 1.71. The number of aryl methyl sites for hydroxylation is 2. The van der Waals surface area contributed by atoms with E-state index in [-0.39, 0.29) is 11.5 Å². The van der Waals surface area contributed by atoms with Gasteiger partial charge in [-0.05, 0) is 51.5 Å². The van der Waals surface area contributed by atoms with Crippen LogP contribution in [-0.4, -0.2) is 34.1 Å². The Morgan fingerprint density at radius 3 is 2.89 bits per heavy atom. The van der Waals surface area contributed by atoms with Crippen molar-refractivity contribution >= 4 is 33.4 Å². The van der Waals surface area contributed by atoms with E-state index in [0.717, 1.165) is 30.6 Å². The molecule has 2 aromatic rings. The molecule has 2 heterocycles. The molecule has 0 unspecified atom stereocenters. The van der Waals surface area contributed by atoms with E-state index in [1.54, 1.807) is 20.9 Å². The summed E-state index contributed by atoms with van der Waals surface area (Å²) in [7, 11) is 1.61. The van der Waals surface area contributed by atoms with E-state index in [1.165, 1.54) is 29.3 Å². The van der Waals surface area contributed by atoms with Crippen LogP contribution in [0.1, 0.15) is 54.3 Å². The molecule has 150 valence electrons. The van der Waals surface area contributed by atoms with Crippen LogP contribution in [-0.2, 0) is 16.6 Å². The van der Waals surface area contributed by atoms with Gasteiger partial charge in [-0.15, -0.1) is 11.3 Å². The summed E-state index contributed by atoms with van der Waals surface area (Å²) in [5.74, 6) is -0.933. The van der Waals surface area contributed by atoms with E-state index in [1.807, 2.05) is 0 Å². The zero-order valence-electron chi connectivity index (χ0n) is 16.4. The lowest BCUT2D eigenvalue weighted by Gasteiger charge is -2.15. The van der Waals surface area contributed by atoms with E-state index in [2.05, 4.69) is 16.4 Å². The molecule has 1 N–H and O–H groups in total. The largest absolute Gasteiger partial charge is 0.448 e. The van der Waals surface area contributed by atoms with Gasteiger partial charge in [0.15, 0.2) is 6.10 Å². The number of carbonyl (C=O) groups excluding carboxylic acids is 2. The zero-order valence-corrected chi connectivity index (χ0v) is 17.2. The summed E-state index contributed by atoms with van der Waals surface area (Å²) in [6.07, 6.45) is 8.25. The lowest BCUT2D eigenvalue weighted by molar-refractivity contribution is -0.129. The molecule has 1 atom stereocenters. The Morgan fingerprint density at radius 2 is 2.18 bits per heavy atom. The molecule has 0 radical (unpaired) electrons. The number of amides is 1. The molecule has 0 saturated carbocycles. The van der Waals surface area contributed by atoms with Crippen molar-refractivity contribution in [2.24, 2.45) is 7.05 Å². The lowest BCUT2D eigenvalue weighted by atomic mass is 9.97. The summed E-state index contributed by atoms with van der Waals surface area (Å²) < 4.78 is 6.70. The first-order valence-electron chi connectivity index (χ1n) is 9.49. The standard InChI is InChI=1S/C20H25N3O4S/c1-12-15-18(22-11-23(3)19(15)25)28-16(12)20(26)27-13(2)17(24)21-10-9-14-7-5-4-6-8-14/h7,11,13H,4-6,8-10H2,1-3H3,(H,21,24)/t13-/m1/s1. The minimum atomic E-state index is -0.909. The van der Waals surface area contributed by atoms with Gasteiger partial charge in [0, 0.05) is 13.6 Å². The molecule has 0 fully saturated rings. The minimum absolute atomic E-state index is 0.208. The second kappa shape index (κ2) is 8.68. The third kappa shape index (κ3) is 4.32. The Morgan fingerprint density at radius 1 is 1.39 bits per heavy atom. The Bertz CT molecular complexity index is 989. The summed E-state index contributed by atoms with van der Waals surface area (Å²) in [5, 5.41) is 3.24. The van der Waals surface area contributed by atoms with E-state index in [0.29, 0.717) is 27.2 Å². The molecule has 7 nitrogen and oxygen atoms in total. The number of fused-ring (bicyclic) bond motifs is 1. The van der Waals surface area contributed by atoms with Crippen LogP contribution in [0, 0.1) is 6.92 Å². The maximum atomic E-state index is 12.5. The van der Waals surface area contributed by atoms with E-state index in [9.17, 15) is 14.4 Å². The Hall–Kier alpha value is -2.48. The average Bonchev–Trinajstić information content (AvgIpc) is 3.02. The maximum Gasteiger partial charge on any atom is 0.349 e. The number of aromatic nitrogens is 2. The first-order chi connectivity index (χ1) is 13.4. The van der Waals surface area contributed by atoms with Gasteiger partial charge in [-0.2, -0.15) is 0 Å². The van der Waals surface area contributed by atoms with Gasteiger partial charge in [-0.25, -0.2) is 9.78 Å². The van der Waals surface area contributed by atoms with Crippen molar-refractivity contribution in [1.82, 2.24) is 14.9 Å². The predicted molar refractivity (Wildman–Crippen MR) is 109 cm³/mol. The molecular formula is C20H25N3O4S. The summed E-state index contributed by atoms with van der Waals surface area (Å²) >= 11 is 1.11. The number of hydrogen-bond donors (Lipinski definition) is 1. The van der Waals surface area contributed by atoms with Crippen LogP contribution < -0.4 is 10.9 Å². The Labute approximate surface area is 167 Å². The molecule has 0 saturated heterocycles. The summed E-state index contributed by atoms with van der Waals surface area (Å²) in [6, 6.07) is 0. The van der Waals surface area contributed by atoms with Gasteiger partial charge < -0.3 is 14.6 Å². The van der Waals surface area contributed by atoms with Crippen LogP contribution in [0.2, 0.25) is 0 Å². The number of rotatable bonds is 6. The topological polar surface area (TPSA) is 90.3 Å². The van der Waals surface area contributed by atoms with Crippen LogP contribution in [0.5, 0.6) is 0 Å². The molecule has 28 heavy (non-hydrogen) atoms. The lowest BCUT2D eigenvalue weighted by Crippen LogP contribution is -2.36. The highest BCUT2D eigenvalue weighted by atomic mass is 32.1. The van der Waals surface area contributed by atoms with Gasteiger partial charge in [-0.1, -0.05) is 11.6 Å². The molecule has 2 aromatic heterocycles. The second-order valence-electron chi connectivity index (χ2n) is 7.09. The van der Waals surface area contributed by atoms with Crippen molar-refractivity contribution in [1.29, 1.82) is 0 Å². The van der Waals surface area contributed by atoms with Gasteiger partial charge in [-0.3, -0.25) is 9.59 Å². The fraction of sp³-hybridized carbons (Fsp3) is 0.500. The number of hydrogen-bond acceptors (Lipinski definition) is 6. The van der Waals surface area contributed by atoms with E-state index < -0.39 is 12.1 Å². The van der Waals surface area contributed by atoms with Crippen molar-refractivity contribution in [3.05, 3.63) is 38.8 Å². The zero-order chi connectivity index (χ0) is 20.3. The van der Waals surface area contributed by atoms with Gasteiger partial charge in [0.05, 0.1) is 11.7 Å². The van der Waals surface area contributed by atoms with Crippen LogP contribution >= 0.6 is 11.3 Å². The maximum absolute atomic E-state index is 12.5. The molecule has 8 heteroatoms. The van der Waals surface area contributed by atoms with Crippen LogP contribution in [0.15, 0.2) is 22.8 Å². The number of carbonyl (C=O) groups is 2. The third-order valence-corrected chi connectivity index (χ3v) is 6.16. The highest BCUT2D eigenvalue weighted by Crippen LogP contribution is 2.27. The van der Waals surface area contributed by atoms with Crippen molar-refractivity contribution < 1.29 is 14.3 Å². The van der Waals surface area contributed by atoms with Crippen LogP contribution in [0.3, 0.4) is 0 Å². The second-order valence-corrected chi connectivity index (χ2v) is 8.09. The minimum Gasteiger partial charge on any atom is -0.448 e. The first kappa shape index (κ1) is 20.3. The molecule has 1 aliphatic carbocycles. The number of thiophene rings is 1. The normalized spacial score (nSPS) is 15.2. The molecule has 3 rings (SSSR count). The van der Waals surface area contributed by atoms with Crippen molar-refractivity contribution in [3.8, 4) is 0 Å². The molecule has 0 spiro atoms. The molecule has 0 bridgehead atoms. The molecule has 1 amide bonds. The van der Waals surface area contributed by atoms with Gasteiger partial charge in [0.2, 0.25) is 0 Å². The monoisotopic (exact) mass is 403 g/mol. The highest BCUT2D eigenvalue weighted by molar-refractivity contribution is 7.20. The Kier molecular flexibility index (Phi) is 6.28. The molecule has 0 aromatic carbocycles. The number of nitrogens with zero attached hydrogens (tertiary/aromatic N) is 2. The van der Waals surface area contributed by atoms with Crippen LogP contribution in [0.4, 0.5) is 0 Å². The fourth-order valence-corrected chi connectivity index (χ4v) is 4.32. The summed E-state index contributed by atoms with van der Waals surface area (Å²) in [6.45, 7) is 3.78. The summed E-state index contributed by atoms with van der Waals surface area (Å²) in [4.78, 5) is 42.0. The van der Waals surface area contributed by atoms with Crippen LogP contribution in [0.25, 0.3) is 10.2 Å². The van der Waals surface area contributed by atoms with Gasteiger partial charge in [0.1, 0.15) is 9.71 Å². The fourth-order valence-electron chi connectivity index (χ4n) is 3.29. The number of nitrogens with one attached hydrogen (secondary N) is 1. The highest BCUT2D eigenvalue weighted by Gasteiger charge is 2.24.